The number of rotatable bonds is 11. The second-order valence-corrected chi connectivity index (χ2v) is 13.4. The SMILES string of the molecule is CO[C@H]1CC(C)C(=O)O[C@@H]1[C@H](C[C@@H](C)CO[Si](c1ccccc1)(c1ccccc1)c1ccccc1)OC. The highest BCUT2D eigenvalue weighted by Crippen LogP contribution is 2.28. The third-order valence-corrected chi connectivity index (χ3v) is 11.4. The summed E-state index contributed by atoms with van der Waals surface area (Å²) in [5, 5.41) is 3.62. The number of ether oxygens (including phenoxy) is 3. The van der Waals surface area contributed by atoms with Gasteiger partial charge in [0, 0.05) is 20.8 Å². The van der Waals surface area contributed by atoms with E-state index in [1.54, 1.807) is 14.2 Å². The molecule has 196 valence electrons. The van der Waals surface area contributed by atoms with Gasteiger partial charge in [-0.2, -0.15) is 0 Å². The van der Waals surface area contributed by atoms with E-state index in [1.165, 1.54) is 15.6 Å². The number of esters is 1. The van der Waals surface area contributed by atoms with Gasteiger partial charge in [-0.15, -0.1) is 0 Å². The Morgan fingerprint density at radius 3 is 1.78 bits per heavy atom. The van der Waals surface area contributed by atoms with Gasteiger partial charge in [0.05, 0.1) is 18.1 Å². The van der Waals surface area contributed by atoms with Gasteiger partial charge in [0.1, 0.15) is 0 Å². The van der Waals surface area contributed by atoms with Crippen LogP contribution in [-0.2, 0) is 23.4 Å². The molecule has 5 nitrogen and oxygen atoms in total. The first-order valence-electron chi connectivity index (χ1n) is 13.1. The smallest absolute Gasteiger partial charge is 0.309 e. The monoisotopic (exact) mass is 518 g/mol. The Balaban J connectivity index is 1.61. The third-order valence-electron chi connectivity index (χ3n) is 7.34. The van der Waals surface area contributed by atoms with Crippen LogP contribution in [0.15, 0.2) is 91.0 Å². The summed E-state index contributed by atoms with van der Waals surface area (Å²) in [6, 6.07) is 31.7. The minimum atomic E-state index is -2.78. The normalized spacial score (nSPS) is 21.7. The second-order valence-electron chi connectivity index (χ2n) is 10.0. The molecule has 0 amide bonds. The topological polar surface area (TPSA) is 54.0 Å². The molecule has 4 rings (SSSR count). The Hall–Kier alpha value is -2.77. The van der Waals surface area contributed by atoms with Crippen molar-refractivity contribution in [2.75, 3.05) is 20.8 Å². The van der Waals surface area contributed by atoms with E-state index < -0.39 is 14.4 Å². The zero-order valence-electron chi connectivity index (χ0n) is 22.2. The number of benzene rings is 3. The second kappa shape index (κ2) is 12.7. The summed E-state index contributed by atoms with van der Waals surface area (Å²) < 4.78 is 24.5. The Kier molecular flexibility index (Phi) is 9.32. The quantitative estimate of drug-likeness (QED) is 0.220. The Morgan fingerprint density at radius 2 is 1.35 bits per heavy atom. The Morgan fingerprint density at radius 1 is 0.865 bits per heavy atom. The molecular weight excluding hydrogens is 480 g/mol. The van der Waals surface area contributed by atoms with Gasteiger partial charge in [-0.3, -0.25) is 4.79 Å². The van der Waals surface area contributed by atoms with E-state index in [0.717, 1.165) is 0 Å². The van der Waals surface area contributed by atoms with Crippen molar-refractivity contribution in [3.8, 4) is 0 Å². The van der Waals surface area contributed by atoms with Crippen molar-refractivity contribution >= 4 is 29.8 Å². The minimum Gasteiger partial charge on any atom is -0.457 e. The maximum atomic E-state index is 12.3. The zero-order chi connectivity index (χ0) is 26.3. The molecule has 0 spiro atoms. The zero-order valence-corrected chi connectivity index (χ0v) is 23.2. The first kappa shape index (κ1) is 27.3. The van der Waals surface area contributed by atoms with Crippen molar-refractivity contribution in [3.63, 3.8) is 0 Å². The molecule has 3 aromatic carbocycles. The average Bonchev–Trinajstić information content (AvgIpc) is 2.95. The number of hydrogen-bond donors (Lipinski definition) is 0. The third kappa shape index (κ3) is 6.04. The summed E-state index contributed by atoms with van der Waals surface area (Å²) in [5.41, 5.74) is 0. The van der Waals surface area contributed by atoms with E-state index in [-0.39, 0.29) is 30.0 Å². The molecule has 0 saturated carbocycles. The van der Waals surface area contributed by atoms with Crippen LogP contribution in [0.3, 0.4) is 0 Å². The lowest BCUT2D eigenvalue weighted by molar-refractivity contribution is -0.189. The van der Waals surface area contributed by atoms with E-state index in [4.69, 9.17) is 18.6 Å². The van der Waals surface area contributed by atoms with Crippen LogP contribution in [0.25, 0.3) is 0 Å². The standard InChI is InChI=1S/C31H38O5Si/c1-23(20-28(33-3)30-29(34-4)21-24(2)31(32)36-30)22-35-37(25-14-8-5-9-15-25,26-16-10-6-11-17-26)27-18-12-7-13-19-27/h5-19,23-24,28-30H,20-22H2,1-4H3/t23-,24?,28+,29+,30-/m1/s1. The van der Waals surface area contributed by atoms with Crippen LogP contribution in [0.5, 0.6) is 0 Å². The molecule has 0 N–H and O–H groups in total. The Bertz CT molecular complexity index is 1010. The van der Waals surface area contributed by atoms with Gasteiger partial charge < -0.3 is 18.6 Å². The van der Waals surface area contributed by atoms with Gasteiger partial charge in [-0.1, -0.05) is 105 Å². The summed E-state index contributed by atoms with van der Waals surface area (Å²) in [6.45, 7) is 4.59. The predicted octanol–water partition coefficient (Wildman–Crippen LogP) is 3.68. The number of carbonyl (C=O) groups is 1. The molecule has 6 heteroatoms. The summed E-state index contributed by atoms with van der Waals surface area (Å²) in [4.78, 5) is 12.3. The highest BCUT2D eigenvalue weighted by atomic mass is 28.4. The van der Waals surface area contributed by atoms with Crippen LogP contribution >= 0.6 is 0 Å². The lowest BCUT2D eigenvalue weighted by atomic mass is 9.90. The van der Waals surface area contributed by atoms with Crippen molar-refractivity contribution in [3.05, 3.63) is 91.0 Å². The summed E-state index contributed by atoms with van der Waals surface area (Å²) in [6.07, 6.45) is 0.432. The molecule has 1 unspecified atom stereocenters. The molecule has 0 aliphatic carbocycles. The molecule has 0 bridgehead atoms. The molecule has 1 fully saturated rings. The fourth-order valence-electron chi connectivity index (χ4n) is 5.32. The largest absolute Gasteiger partial charge is 0.457 e. The maximum absolute atomic E-state index is 12.3. The molecule has 1 aliphatic heterocycles. The predicted molar refractivity (Wildman–Crippen MR) is 149 cm³/mol. The van der Waals surface area contributed by atoms with Crippen LogP contribution in [0, 0.1) is 11.8 Å². The lowest BCUT2D eigenvalue weighted by Gasteiger charge is -2.38. The van der Waals surface area contributed by atoms with Gasteiger partial charge in [0.2, 0.25) is 0 Å². The fraction of sp³-hybridized carbons (Fsp3) is 0.387. The molecule has 1 heterocycles. The van der Waals surface area contributed by atoms with Gasteiger partial charge in [-0.05, 0) is 34.3 Å². The lowest BCUT2D eigenvalue weighted by Crippen LogP contribution is -2.69. The maximum Gasteiger partial charge on any atom is 0.309 e. The van der Waals surface area contributed by atoms with E-state index in [0.29, 0.717) is 19.4 Å². The molecular formula is C31H38O5Si. The van der Waals surface area contributed by atoms with Gasteiger partial charge >= 0.3 is 5.97 Å². The minimum absolute atomic E-state index is 0.156. The summed E-state index contributed by atoms with van der Waals surface area (Å²) >= 11 is 0. The molecule has 0 aromatic heterocycles. The Labute approximate surface area is 221 Å². The molecule has 1 saturated heterocycles. The highest BCUT2D eigenvalue weighted by molar-refractivity contribution is 7.07. The molecule has 1 aliphatic rings. The van der Waals surface area contributed by atoms with E-state index in [9.17, 15) is 4.79 Å². The van der Waals surface area contributed by atoms with Gasteiger partial charge in [-0.25, -0.2) is 0 Å². The fourth-order valence-corrected chi connectivity index (χ4v) is 9.34. The van der Waals surface area contributed by atoms with Crippen molar-refractivity contribution < 1.29 is 23.4 Å². The molecule has 5 atom stereocenters. The van der Waals surface area contributed by atoms with Crippen LogP contribution in [0.2, 0.25) is 0 Å². The van der Waals surface area contributed by atoms with Crippen LogP contribution < -0.4 is 15.6 Å². The van der Waals surface area contributed by atoms with E-state index in [1.807, 2.05) is 25.1 Å². The molecule has 3 aromatic rings. The van der Waals surface area contributed by atoms with E-state index in [2.05, 4.69) is 79.7 Å². The van der Waals surface area contributed by atoms with Crippen molar-refractivity contribution in [1.29, 1.82) is 0 Å². The number of cyclic esters (lactones) is 1. The van der Waals surface area contributed by atoms with Crippen LogP contribution in [-0.4, -0.2) is 53.4 Å². The summed E-state index contributed by atoms with van der Waals surface area (Å²) in [5.74, 6) is -0.204. The van der Waals surface area contributed by atoms with Gasteiger partial charge in [0.25, 0.3) is 8.32 Å². The number of carbonyl (C=O) groups excluding carboxylic acids is 1. The molecule has 0 radical (unpaired) electrons. The highest BCUT2D eigenvalue weighted by Gasteiger charge is 2.43. The van der Waals surface area contributed by atoms with Crippen LogP contribution in [0.1, 0.15) is 26.7 Å². The summed E-state index contributed by atoms with van der Waals surface area (Å²) in [7, 11) is 0.565. The first-order valence-corrected chi connectivity index (χ1v) is 15.0. The van der Waals surface area contributed by atoms with Crippen molar-refractivity contribution in [1.82, 2.24) is 0 Å². The number of hydrogen-bond acceptors (Lipinski definition) is 5. The van der Waals surface area contributed by atoms with Crippen molar-refractivity contribution in [2.24, 2.45) is 11.8 Å². The first-order chi connectivity index (χ1) is 18.0. The average molecular weight is 519 g/mol. The number of methoxy groups -OCH3 is 2. The molecule has 37 heavy (non-hydrogen) atoms. The van der Waals surface area contributed by atoms with E-state index >= 15 is 0 Å². The van der Waals surface area contributed by atoms with Crippen LogP contribution in [0.4, 0.5) is 0 Å². The van der Waals surface area contributed by atoms with Gasteiger partial charge in [0.15, 0.2) is 6.10 Å². The van der Waals surface area contributed by atoms with Crippen molar-refractivity contribution in [2.45, 2.75) is 45.0 Å².